The first-order chi connectivity index (χ1) is 7.57. The van der Waals surface area contributed by atoms with Gasteiger partial charge in [-0.3, -0.25) is 9.59 Å². The molecular formula is C13H15NO2. The molecule has 0 aliphatic heterocycles. The van der Waals surface area contributed by atoms with Crippen LogP contribution >= 0.6 is 0 Å². The Morgan fingerprint density at radius 1 is 1.31 bits per heavy atom. The molecule has 1 aliphatic carbocycles. The number of ketones is 1. The minimum Gasteiger partial charge on any atom is -0.325 e. The molecule has 0 saturated heterocycles. The van der Waals surface area contributed by atoms with Crippen LogP contribution in [0.15, 0.2) is 30.3 Å². The second-order valence-electron chi connectivity index (χ2n) is 4.45. The number of anilines is 1. The number of hydrogen-bond donors (Lipinski definition) is 1. The summed E-state index contributed by atoms with van der Waals surface area (Å²) in [6.45, 7) is 3.43. The van der Waals surface area contributed by atoms with E-state index in [-0.39, 0.29) is 17.6 Å². The minimum absolute atomic E-state index is 0.0339. The Labute approximate surface area is 94.9 Å². The summed E-state index contributed by atoms with van der Waals surface area (Å²) in [5.74, 6) is -0.0409. The lowest BCUT2D eigenvalue weighted by Gasteiger charge is -2.13. The predicted molar refractivity (Wildman–Crippen MR) is 62.0 cm³/mol. The molecule has 1 amide bonds. The highest BCUT2D eigenvalue weighted by molar-refractivity contribution is 6.13. The highest BCUT2D eigenvalue weighted by Gasteiger charge is 2.61. The molecule has 1 fully saturated rings. The van der Waals surface area contributed by atoms with E-state index in [2.05, 4.69) is 5.32 Å². The van der Waals surface area contributed by atoms with Gasteiger partial charge in [0.2, 0.25) is 5.91 Å². The molecule has 84 valence electrons. The molecule has 0 bridgehead atoms. The quantitative estimate of drug-likeness (QED) is 0.789. The zero-order chi connectivity index (χ0) is 11.8. The van der Waals surface area contributed by atoms with Crippen molar-refractivity contribution in [2.24, 2.45) is 11.3 Å². The number of benzene rings is 1. The lowest BCUT2D eigenvalue weighted by atomic mass is 9.98. The molecule has 1 saturated carbocycles. The van der Waals surface area contributed by atoms with Crippen LogP contribution in [0.1, 0.15) is 20.3 Å². The van der Waals surface area contributed by atoms with Gasteiger partial charge in [0.05, 0.1) is 0 Å². The summed E-state index contributed by atoms with van der Waals surface area (Å²) in [4.78, 5) is 23.5. The molecule has 1 aromatic rings. The van der Waals surface area contributed by atoms with Crippen molar-refractivity contribution in [3.05, 3.63) is 30.3 Å². The van der Waals surface area contributed by atoms with Crippen molar-refractivity contribution < 1.29 is 9.59 Å². The zero-order valence-corrected chi connectivity index (χ0v) is 9.49. The molecule has 2 rings (SSSR count). The van der Waals surface area contributed by atoms with Gasteiger partial charge in [0.1, 0.15) is 11.2 Å². The van der Waals surface area contributed by atoms with Gasteiger partial charge in [-0.15, -0.1) is 0 Å². The minimum atomic E-state index is -0.768. The second-order valence-corrected chi connectivity index (χ2v) is 4.45. The lowest BCUT2D eigenvalue weighted by Crippen LogP contribution is -2.31. The smallest absolute Gasteiger partial charge is 0.238 e. The fourth-order valence-electron chi connectivity index (χ4n) is 2.16. The highest BCUT2D eigenvalue weighted by Crippen LogP contribution is 2.53. The van der Waals surface area contributed by atoms with Gasteiger partial charge >= 0.3 is 0 Å². The first kappa shape index (κ1) is 10.9. The van der Waals surface area contributed by atoms with Crippen molar-refractivity contribution in [1.82, 2.24) is 0 Å². The van der Waals surface area contributed by atoms with E-state index in [4.69, 9.17) is 0 Å². The summed E-state index contributed by atoms with van der Waals surface area (Å²) in [5, 5.41) is 2.80. The van der Waals surface area contributed by atoms with Crippen LogP contribution in [0, 0.1) is 11.3 Å². The van der Waals surface area contributed by atoms with Crippen LogP contribution < -0.4 is 5.32 Å². The first-order valence-electron chi connectivity index (χ1n) is 5.45. The van der Waals surface area contributed by atoms with Crippen LogP contribution in [-0.4, -0.2) is 11.7 Å². The van der Waals surface area contributed by atoms with Crippen molar-refractivity contribution in [3.63, 3.8) is 0 Å². The third kappa shape index (κ3) is 1.62. The third-order valence-corrected chi connectivity index (χ3v) is 3.37. The van der Waals surface area contributed by atoms with E-state index >= 15 is 0 Å². The predicted octanol–water partition coefficient (Wildman–Crippen LogP) is 2.24. The van der Waals surface area contributed by atoms with E-state index in [0.29, 0.717) is 6.42 Å². The summed E-state index contributed by atoms with van der Waals surface area (Å²) < 4.78 is 0. The van der Waals surface area contributed by atoms with Gasteiger partial charge in [-0.05, 0) is 31.4 Å². The largest absolute Gasteiger partial charge is 0.325 e. The van der Waals surface area contributed by atoms with Crippen LogP contribution in [0.2, 0.25) is 0 Å². The van der Waals surface area contributed by atoms with E-state index in [1.165, 1.54) is 6.92 Å². The third-order valence-electron chi connectivity index (χ3n) is 3.37. The fraction of sp³-hybridized carbons (Fsp3) is 0.385. The van der Waals surface area contributed by atoms with Gasteiger partial charge < -0.3 is 5.32 Å². The van der Waals surface area contributed by atoms with E-state index in [0.717, 1.165) is 5.69 Å². The maximum atomic E-state index is 12.0. The maximum Gasteiger partial charge on any atom is 0.238 e. The number of rotatable bonds is 3. The Bertz CT molecular complexity index is 427. The van der Waals surface area contributed by atoms with Crippen molar-refractivity contribution >= 4 is 17.4 Å². The van der Waals surface area contributed by atoms with Crippen LogP contribution in [-0.2, 0) is 9.59 Å². The Morgan fingerprint density at radius 2 is 1.88 bits per heavy atom. The molecule has 0 heterocycles. The van der Waals surface area contributed by atoms with Gasteiger partial charge in [-0.1, -0.05) is 25.1 Å². The molecule has 16 heavy (non-hydrogen) atoms. The van der Waals surface area contributed by atoms with Gasteiger partial charge in [0.15, 0.2) is 0 Å². The summed E-state index contributed by atoms with van der Waals surface area (Å²) in [6.07, 6.45) is 0.668. The fourth-order valence-corrected chi connectivity index (χ4v) is 2.16. The van der Waals surface area contributed by atoms with E-state index in [1.807, 2.05) is 37.3 Å². The number of Topliss-reactive ketones (excluding diaryl/α,β-unsaturated/α-hetero) is 1. The number of hydrogen-bond acceptors (Lipinski definition) is 2. The van der Waals surface area contributed by atoms with Crippen molar-refractivity contribution in [3.8, 4) is 0 Å². The molecule has 0 radical (unpaired) electrons. The van der Waals surface area contributed by atoms with Crippen molar-refractivity contribution in [2.45, 2.75) is 20.3 Å². The Hall–Kier alpha value is -1.64. The van der Waals surface area contributed by atoms with E-state index < -0.39 is 5.41 Å². The number of carbonyl (C=O) groups excluding carboxylic acids is 2. The Morgan fingerprint density at radius 3 is 2.31 bits per heavy atom. The van der Waals surface area contributed by atoms with Crippen LogP contribution in [0.25, 0.3) is 0 Å². The first-order valence-corrected chi connectivity index (χ1v) is 5.45. The van der Waals surface area contributed by atoms with Crippen molar-refractivity contribution in [1.29, 1.82) is 0 Å². The number of amides is 1. The average Bonchev–Trinajstić information content (AvgIpc) is 2.93. The normalized spacial score (nSPS) is 27.2. The zero-order valence-electron chi connectivity index (χ0n) is 9.49. The summed E-state index contributed by atoms with van der Waals surface area (Å²) in [6, 6.07) is 9.23. The highest BCUT2D eigenvalue weighted by atomic mass is 16.2. The molecule has 2 unspecified atom stereocenters. The number of para-hydroxylation sites is 1. The Balaban J connectivity index is 2.13. The van der Waals surface area contributed by atoms with E-state index in [1.54, 1.807) is 0 Å². The SMILES string of the molecule is CC(=O)C1(C(=O)Nc2ccccc2)CC1C. The van der Waals surface area contributed by atoms with Gasteiger partial charge in [-0.25, -0.2) is 0 Å². The molecule has 1 aliphatic rings. The number of carbonyl (C=O) groups is 2. The van der Waals surface area contributed by atoms with Gasteiger partial charge in [0, 0.05) is 5.69 Å². The van der Waals surface area contributed by atoms with Gasteiger partial charge in [0.25, 0.3) is 0 Å². The van der Waals surface area contributed by atoms with Gasteiger partial charge in [-0.2, -0.15) is 0 Å². The lowest BCUT2D eigenvalue weighted by molar-refractivity contribution is -0.132. The molecule has 0 aromatic heterocycles. The molecule has 0 spiro atoms. The number of nitrogens with one attached hydrogen (secondary N) is 1. The molecule has 3 nitrogen and oxygen atoms in total. The molecular weight excluding hydrogens is 202 g/mol. The maximum absolute atomic E-state index is 12.0. The van der Waals surface area contributed by atoms with Crippen LogP contribution in [0.4, 0.5) is 5.69 Å². The molecule has 2 atom stereocenters. The van der Waals surface area contributed by atoms with E-state index in [9.17, 15) is 9.59 Å². The average molecular weight is 217 g/mol. The van der Waals surface area contributed by atoms with Crippen LogP contribution in [0.3, 0.4) is 0 Å². The second kappa shape index (κ2) is 3.74. The topological polar surface area (TPSA) is 46.2 Å². The standard InChI is InChI=1S/C13H15NO2/c1-9-8-13(9,10(2)15)12(16)14-11-6-4-3-5-7-11/h3-7,9H,8H2,1-2H3,(H,14,16). The summed E-state index contributed by atoms with van der Waals surface area (Å²) >= 11 is 0. The molecule has 3 heteroatoms. The molecule has 1 N–H and O–H groups in total. The van der Waals surface area contributed by atoms with Crippen molar-refractivity contribution in [2.75, 3.05) is 5.32 Å². The Kier molecular flexibility index (Phi) is 2.54. The van der Waals surface area contributed by atoms with Crippen LogP contribution in [0.5, 0.6) is 0 Å². The monoisotopic (exact) mass is 217 g/mol. The summed E-state index contributed by atoms with van der Waals surface area (Å²) in [7, 11) is 0. The summed E-state index contributed by atoms with van der Waals surface area (Å²) in [5.41, 5.74) is -0.0252. The molecule has 1 aromatic carbocycles.